The largest absolute Gasteiger partial charge is 0.378 e. The van der Waals surface area contributed by atoms with Crippen molar-refractivity contribution in [2.24, 2.45) is 0 Å². The van der Waals surface area contributed by atoms with E-state index in [9.17, 15) is 8.42 Å². The van der Waals surface area contributed by atoms with E-state index in [-0.39, 0.29) is 36.1 Å². The smallest absolute Gasteiger partial charge is 0.219 e. The minimum atomic E-state index is -2.87. The van der Waals surface area contributed by atoms with Crippen LogP contribution in [0.4, 0.5) is 26.2 Å². The van der Waals surface area contributed by atoms with Gasteiger partial charge in [0.1, 0.15) is 17.8 Å². The molecule has 15 heteroatoms. The van der Waals surface area contributed by atoms with Crippen LogP contribution in [0.25, 0.3) is 33.4 Å². The minimum absolute atomic E-state index is 0.00639. The summed E-state index contributed by atoms with van der Waals surface area (Å²) in [7, 11) is -2.87. The predicted molar refractivity (Wildman–Crippen MR) is 168 cm³/mol. The number of rotatable bonds is 9. The Hall–Kier alpha value is -4.05. The van der Waals surface area contributed by atoms with Crippen molar-refractivity contribution in [3.63, 3.8) is 0 Å². The standard InChI is InChI=1S/C30H34F2N8O4S/c1-18-17-44-12-9-40(18)29-23-13-19(21-3-2-4-22(26(21)32)24(31)5-6-36-45(41)42)14-25(39-7-10-43-11-8-39)27(23)37-28(38-29)20-15-34-30(33)35-16-20/h2-4,13-16,18,24,45H,5-12,17H2,1H3,(H2,33,34,35)(H,36,41,42). The Morgan fingerprint density at radius 3 is 2.56 bits per heavy atom. The molecule has 2 aromatic carbocycles. The van der Waals surface area contributed by atoms with E-state index < -0.39 is 22.9 Å². The number of hydrogen-bond donors (Lipinski definition) is 3. The summed E-state index contributed by atoms with van der Waals surface area (Å²) in [5.41, 5.74) is 8.37. The first-order valence-electron chi connectivity index (χ1n) is 14.7. The Morgan fingerprint density at radius 1 is 1.07 bits per heavy atom. The molecular weight excluding hydrogens is 606 g/mol. The summed E-state index contributed by atoms with van der Waals surface area (Å²) < 4.78 is 66.5. The van der Waals surface area contributed by atoms with E-state index in [1.165, 1.54) is 6.07 Å². The average molecular weight is 641 g/mol. The number of alkyl halides is 1. The SMILES string of the molecule is CC1COCCN1c1nc(-c2cnc(N)nc2)nc2c(N3CCOCC3)cc(-c3cccc(C(F)CCN[SH](=O)=O)c3F)cc12. The lowest BCUT2D eigenvalue weighted by atomic mass is 9.96. The fraction of sp³-hybridized carbons (Fsp3) is 0.400. The van der Waals surface area contributed by atoms with E-state index >= 15 is 8.78 Å². The van der Waals surface area contributed by atoms with Gasteiger partial charge in [-0.05, 0) is 31.0 Å². The normalized spacial score (nSPS) is 18.1. The molecule has 2 unspecified atom stereocenters. The van der Waals surface area contributed by atoms with Crippen molar-refractivity contribution in [1.82, 2.24) is 24.7 Å². The molecule has 6 rings (SSSR count). The van der Waals surface area contributed by atoms with Gasteiger partial charge in [0, 0.05) is 55.1 Å². The number of thiol groups is 1. The van der Waals surface area contributed by atoms with Crippen LogP contribution >= 0.6 is 0 Å². The van der Waals surface area contributed by atoms with Gasteiger partial charge in [0.2, 0.25) is 16.8 Å². The van der Waals surface area contributed by atoms with E-state index in [1.54, 1.807) is 24.5 Å². The van der Waals surface area contributed by atoms with E-state index in [2.05, 4.69) is 24.5 Å². The topological polar surface area (TPSA) is 149 Å². The number of ether oxygens (including phenoxy) is 2. The number of nitrogen functional groups attached to an aromatic ring is 1. The highest BCUT2D eigenvalue weighted by molar-refractivity contribution is 7.70. The Bertz CT molecular complexity index is 1750. The van der Waals surface area contributed by atoms with E-state index in [1.807, 2.05) is 19.1 Å². The molecule has 0 spiro atoms. The van der Waals surface area contributed by atoms with Gasteiger partial charge in [-0.25, -0.2) is 41.9 Å². The lowest BCUT2D eigenvalue weighted by molar-refractivity contribution is 0.0987. The zero-order valence-corrected chi connectivity index (χ0v) is 25.6. The monoisotopic (exact) mass is 640 g/mol. The number of halogens is 2. The second-order valence-corrected chi connectivity index (χ2v) is 11.8. The second-order valence-electron chi connectivity index (χ2n) is 10.9. The number of nitrogens with one attached hydrogen (secondary N) is 1. The fourth-order valence-electron chi connectivity index (χ4n) is 5.70. The second kappa shape index (κ2) is 13.5. The molecule has 45 heavy (non-hydrogen) atoms. The summed E-state index contributed by atoms with van der Waals surface area (Å²) in [5, 5.41) is 0.702. The molecule has 0 saturated carbocycles. The predicted octanol–water partition coefficient (Wildman–Crippen LogP) is 3.05. The van der Waals surface area contributed by atoms with Crippen molar-refractivity contribution in [2.45, 2.75) is 25.6 Å². The minimum Gasteiger partial charge on any atom is -0.378 e. The molecule has 4 aromatic rings. The van der Waals surface area contributed by atoms with E-state index in [0.717, 1.165) is 5.69 Å². The van der Waals surface area contributed by atoms with Crippen LogP contribution in [0.2, 0.25) is 0 Å². The highest BCUT2D eigenvalue weighted by atomic mass is 32.2. The van der Waals surface area contributed by atoms with Crippen LogP contribution in [0, 0.1) is 5.82 Å². The maximum absolute atomic E-state index is 16.1. The van der Waals surface area contributed by atoms with Gasteiger partial charge < -0.3 is 25.0 Å². The third-order valence-electron chi connectivity index (χ3n) is 8.00. The zero-order valence-electron chi connectivity index (χ0n) is 24.7. The Kier molecular flexibility index (Phi) is 9.30. The summed E-state index contributed by atoms with van der Waals surface area (Å²) >= 11 is 0. The number of anilines is 3. The molecule has 12 nitrogen and oxygen atoms in total. The van der Waals surface area contributed by atoms with Crippen LogP contribution < -0.4 is 20.3 Å². The van der Waals surface area contributed by atoms with E-state index in [4.69, 9.17) is 25.2 Å². The fourth-order valence-corrected chi connectivity index (χ4v) is 6.01. The third-order valence-corrected chi connectivity index (χ3v) is 8.48. The maximum Gasteiger partial charge on any atom is 0.219 e. The van der Waals surface area contributed by atoms with Gasteiger partial charge >= 0.3 is 0 Å². The third kappa shape index (κ3) is 6.66. The van der Waals surface area contributed by atoms with Crippen molar-refractivity contribution in [3.05, 3.63) is 54.1 Å². The molecule has 2 aliphatic rings. The van der Waals surface area contributed by atoms with Crippen molar-refractivity contribution >= 4 is 39.2 Å². The first-order chi connectivity index (χ1) is 21.8. The molecule has 0 bridgehead atoms. The molecule has 3 N–H and O–H groups in total. The van der Waals surface area contributed by atoms with Crippen LogP contribution in [-0.4, -0.2) is 87.0 Å². The summed E-state index contributed by atoms with van der Waals surface area (Å²) in [6.45, 7) is 5.72. The molecule has 238 valence electrons. The molecule has 0 aliphatic carbocycles. The van der Waals surface area contributed by atoms with Crippen LogP contribution in [-0.2, 0) is 20.4 Å². The maximum atomic E-state index is 16.1. The van der Waals surface area contributed by atoms with Gasteiger partial charge in [-0.1, -0.05) is 18.2 Å². The van der Waals surface area contributed by atoms with Crippen molar-refractivity contribution < 1.29 is 26.7 Å². The van der Waals surface area contributed by atoms with Crippen molar-refractivity contribution in [1.29, 1.82) is 0 Å². The van der Waals surface area contributed by atoms with Gasteiger partial charge in [0.05, 0.1) is 49.2 Å². The van der Waals surface area contributed by atoms with Crippen molar-refractivity contribution in [2.75, 3.05) is 68.1 Å². The van der Waals surface area contributed by atoms with Gasteiger partial charge in [-0.2, -0.15) is 0 Å². The summed E-state index contributed by atoms with van der Waals surface area (Å²) in [6, 6.07) is 8.31. The summed E-state index contributed by atoms with van der Waals surface area (Å²) in [5.74, 6) is 0.496. The van der Waals surface area contributed by atoms with E-state index in [0.29, 0.717) is 79.7 Å². The number of hydrogen-bond acceptors (Lipinski definition) is 11. The molecule has 2 atom stereocenters. The lowest BCUT2D eigenvalue weighted by Gasteiger charge is -2.36. The van der Waals surface area contributed by atoms with Gasteiger partial charge in [-0.15, -0.1) is 0 Å². The van der Waals surface area contributed by atoms with Crippen LogP contribution in [0.1, 0.15) is 25.1 Å². The molecular formula is C30H34F2N8O4S. The zero-order chi connectivity index (χ0) is 31.5. The molecule has 4 heterocycles. The molecule has 2 fully saturated rings. The Morgan fingerprint density at radius 2 is 1.82 bits per heavy atom. The highest BCUT2D eigenvalue weighted by Crippen LogP contribution is 2.40. The molecule has 2 aliphatic heterocycles. The van der Waals surface area contributed by atoms with Gasteiger partial charge in [0.25, 0.3) is 0 Å². The number of fused-ring (bicyclic) bond motifs is 1. The number of benzene rings is 2. The van der Waals surface area contributed by atoms with Crippen LogP contribution in [0.5, 0.6) is 0 Å². The summed E-state index contributed by atoms with van der Waals surface area (Å²) in [4.78, 5) is 22.6. The van der Waals surface area contributed by atoms with Crippen LogP contribution in [0.3, 0.4) is 0 Å². The molecule has 0 radical (unpaired) electrons. The van der Waals surface area contributed by atoms with Gasteiger partial charge in [0.15, 0.2) is 5.82 Å². The first-order valence-corrected chi connectivity index (χ1v) is 15.9. The van der Waals surface area contributed by atoms with Crippen LogP contribution in [0.15, 0.2) is 42.7 Å². The quantitative estimate of drug-likeness (QED) is 0.232. The summed E-state index contributed by atoms with van der Waals surface area (Å²) in [6.07, 6.45) is 1.25. The van der Waals surface area contributed by atoms with Gasteiger partial charge in [-0.3, -0.25) is 0 Å². The average Bonchev–Trinajstić information content (AvgIpc) is 3.05. The lowest BCUT2D eigenvalue weighted by Crippen LogP contribution is -2.44. The van der Waals surface area contributed by atoms with Crippen molar-refractivity contribution in [3.8, 4) is 22.5 Å². The first kappa shape index (κ1) is 31.0. The number of morpholine rings is 2. The highest BCUT2D eigenvalue weighted by Gasteiger charge is 2.27. The Labute approximate surface area is 260 Å². The number of aromatic nitrogens is 4. The molecule has 0 amide bonds. The number of nitrogens with two attached hydrogens (primary N) is 1. The Balaban J connectivity index is 1.55. The molecule has 2 saturated heterocycles. The number of nitrogens with zero attached hydrogens (tertiary/aromatic N) is 6. The molecule has 2 aromatic heterocycles.